The van der Waals surface area contributed by atoms with Gasteiger partial charge in [0.15, 0.2) is 0 Å². The highest BCUT2D eigenvalue weighted by molar-refractivity contribution is 5.57. The number of aromatic nitrogens is 4. The van der Waals surface area contributed by atoms with Crippen molar-refractivity contribution < 1.29 is 0 Å². The molecule has 0 aromatic carbocycles. The summed E-state index contributed by atoms with van der Waals surface area (Å²) in [6.07, 6.45) is 10.9. The molecule has 110 valence electrons. The van der Waals surface area contributed by atoms with Gasteiger partial charge >= 0.3 is 0 Å². The first-order valence-corrected chi connectivity index (χ1v) is 7.51. The van der Waals surface area contributed by atoms with E-state index in [0.29, 0.717) is 0 Å². The third kappa shape index (κ3) is 2.90. The summed E-state index contributed by atoms with van der Waals surface area (Å²) in [7, 11) is 0. The van der Waals surface area contributed by atoms with Crippen molar-refractivity contribution >= 4 is 11.8 Å². The molecule has 4 heteroatoms. The highest BCUT2D eigenvalue weighted by atomic mass is 14.9. The van der Waals surface area contributed by atoms with Crippen molar-refractivity contribution in [2.24, 2.45) is 0 Å². The molecule has 0 bridgehead atoms. The fourth-order valence-corrected chi connectivity index (χ4v) is 2.54. The summed E-state index contributed by atoms with van der Waals surface area (Å²) in [5.41, 5.74) is 9.17. The molecule has 3 heterocycles. The summed E-state index contributed by atoms with van der Waals surface area (Å²) >= 11 is 0. The second-order valence-electron chi connectivity index (χ2n) is 5.32. The Balaban J connectivity index is 1.50. The number of aromatic amines is 1. The van der Waals surface area contributed by atoms with Crippen LogP contribution in [0.5, 0.6) is 0 Å². The number of aryl methyl sites for hydroxylation is 2. The molecule has 0 spiro atoms. The normalized spacial score (nSPS) is 11.7. The van der Waals surface area contributed by atoms with Crippen LogP contribution < -0.4 is 10.6 Å². The lowest BCUT2D eigenvalue weighted by Gasteiger charge is -2.00. The Morgan fingerprint density at radius 3 is 2.87 bits per heavy atom. The van der Waals surface area contributed by atoms with E-state index in [1.165, 1.54) is 0 Å². The number of hydrogen-bond acceptors (Lipinski definition) is 3. The van der Waals surface area contributed by atoms with E-state index in [4.69, 9.17) is 0 Å². The average Bonchev–Trinajstić information content (AvgIpc) is 3.10. The number of rotatable bonds is 4. The summed E-state index contributed by atoms with van der Waals surface area (Å²) in [4.78, 5) is 16.5. The summed E-state index contributed by atoms with van der Waals surface area (Å²) in [6, 6.07) is 8.02. The first-order chi connectivity index (χ1) is 11.4. The topological polar surface area (TPSA) is 54.5 Å². The van der Waals surface area contributed by atoms with E-state index in [2.05, 4.69) is 31.4 Å². The van der Waals surface area contributed by atoms with Crippen LogP contribution in [-0.4, -0.2) is 19.9 Å². The highest BCUT2D eigenvalue weighted by Gasteiger charge is 2.04. The molecule has 0 aliphatic heterocycles. The highest BCUT2D eigenvalue weighted by Crippen LogP contribution is 2.15. The summed E-state index contributed by atoms with van der Waals surface area (Å²) in [5, 5.41) is 1.95. The number of nitrogens with one attached hydrogen (secondary N) is 1. The van der Waals surface area contributed by atoms with Crippen LogP contribution in [0.2, 0.25) is 0 Å². The molecule has 0 unspecified atom stereocenters. The van der Waals surface area contributed by atoms with E-state index in [0.717, 1.165) is 46.2 Å². The lowest BCUT2D eigenvalue weighted by Crippen LogP contribution is -2.28. The van der Waals surface area contributed by atoms with Gasteiger partial charge < -0.3 is 4.98 Å². The number of hydrogen-bond donors (Lipinski definition) is 1. The number of allylic oxidation sites excluding steroid dienone is 1. The van der Waals surface area contributed by atoms with E-state index in [1.807, 2.05) is 42.6 Å². The third-order valence-corrected chi connectivity index (χ3v) is 3.75. The molecule has 4 nitrogen and oxygen atoms in total. The predicted molar refractivity (Wildman–Crippen MR) is 88.7 cm³/mol. The molecule has 0 radical (unpaired) electrons. The Morgan fingerprint density at radius 2 is 1.96 bits per heavy atom. The van der Waals surface area contributed by atoms with E-state index >= 15 is 0 Å². The van der Waals surface area contributed by atoms with Crippen LogP contribution in [0.3, 0.4) is 0 Å². The minimum atomic E-state index is 0.826. The number of pyridine rings is 2. The molecule has 3 aromatic rings. The van der Waals surface area contributed by atoms with Gasteiger partial charge in [-0.25, -0.2) is 4.98 Å². The number of H-pyrrole nitrogens is 1. The maximum absolute atomic E-state index is 4.65. The molecule has 1 N–H and O–H groups in total. The second-order valence-corrected chi connectivity index (χ2v) is 5.32. The molecule has 0 saturated carbocycles. The number of fused-ring (bicyclic) bond motifs is 1. The van der Waals surface area contributed by atoms with Crippen molar-refractivity contribution in [3.63, 3.8) is 0 Å². The maximum atomic E-state index is 4.65. The molecular formula is C19H14N4. The summed E-state index contributed by atoms with van der Waals surface area (Å²) in [6.45, 7) is 0. The molecule has 0 fully saturated rings. The van der Waals surface area contributed by atoms with Gasteiger partial charge in [-0.3, -0.25) is 9.97 Å². The average molecular weight is 298 g/mol. The van der Waals surface area contributed by atoms with Gasteiger partial charge in [-0.1, -0.05) is 11.5 Å². The Morgan fingerprint density at radius 1 is 1.04 bits per heavy atom. The zero-order chi connectivity index (χ0) is 15.5. The van der Waals surface area contributed by atoms with E-state index in [9.17, 15) is 0 Å². The Hall–Kier alpha value is -3.19. The molecule has 3 aromatic heterocycles. The van der Waals surface area contributed by atoms with E-state index in [-0.39, 0.29) is 0 Å². The summed E-state index contributed by atoms with van der Waals surface area (Å²) in [5.74, 6) is 0.965. The lowest BCUT2D eigenvalue weighted by molar-refractivity contribution is 0.851. The predicted octanol–water partition coefficient (Wildman–Crippen LogP) is 1.54. The number of imidazole rings is 1. The van der Waals surface area contributed by atoms with Gasteiger partial charge in [-0.15, -0.1) is 0 Å². The zero-order valence-electron chi connectivity index (χ0n) is 12.5. The molecule has 4 rings (SSSR count). The van der Waals surface area contributed by atoms with Crippen LogP contribution in [0.1, 0.15) is 11.5 Å². The minimum Gasteiger partial charge on any atom is -0.342 e. The Bertz CT molecular complexity index is 1030. The molecule has 0 amide bonds. The van der Waals surface area contributed by atoms with Gasteiger partial charge in [0.1, 0.15) is 5.82 Å². The van der Waals surface area contributed by atoms with Crippen LogP contribution in [-0.2, 0) is 12.8 Å². The van der Waals surface area contributed by atoms with Crippen LogP contribution >= 0.6 is 0 Å². The molecule has 1 aliphatic carbocycles. The third-order valence-electron chi connectivity index (χ3n) is 3.75. The lowest BCUT2D eigenvalue weighted by atomic mass is 10.2. The largest absolute Gasteiger partial charge is 0.342 e. The fourth-order valence-electron chi connectivity index (χ4n) is 2.54. The Kier molecular flexibility index (Phi) is 3.45. The van der Waals surface area contributed by atoms with Crippen LogP contribution in [0.15, 0.2) is 54.7 Å². The molecule has 0 atom stereocenters. The van der Waals surface area contributed by atoms with Crippen molar-refractivity contribution in [1.82, 2.24) is 19.9 Å². The van der Waals surface area contributed by atoms with E-state index < -0.39 is 0 Å². The van der Waals surface area contributed by atoms with Crippen LogP contribution in [0.25, 0.3) is 23.1 Å². The maximum Gasteiger partial charge on any atom is 0.106 e. The van der Waals surface area contributed by atoms with Crippen LogP contribution in [0.4, 0.5) is 0 Å². The van der Waals surface area contributed by atoms with Crippen molar-refractivity contribution in [1.29, 1.82) is 0 Å². The molecule has 23 heavy (non-hydrogen) atoms. The first kappa shape index (κ1) is 13.5. The van der Waals surface area contributed by atoms with Gasteiger partial charge in [0.25, 0.3) is 0 Å². The van der Waals surface area contributed by atoms with Crippen molar-refractivity contribution in [2.75, 3.05) is 0 Å². The van der Waals surface area contributed by atoms with Gasteiger partial charge in [0, 0.05) is 30.1 Å². The molecule has 0 saturated heterocycles. The first-order valence-electron chi connectivity index (χ1n) is 7.51. The van der Waals surface area contributed by atoms with E-state index in [1.54, 1.807) is 12.4 Å². The van der Waals surface area contributed by atoms with Gasteiger partial charge in [-0.2, -0.15) is 0 Å². The van der Waals surface area contributed by atoms with Crippen LogP contribution in [0, 0.1) is 0 Å². The monoisotopic (exact) mass is 298 g/mol. The zero-order valence-corrected chi connectivity index (χ0v) is 12.5. The Labute approximate surface area is 133 Å². The smallest absolute Gasteiger partial charge is 0.106 e. The van der Waals surface area contributed by atoms with Gasteiger partial charge in [0.2, 0.25) is 0 Å². The van der Waals surface area contributed by atoms with Crippen molar-refractivity contribution in [3.05, 3.63) is 76.7 Å². The SMILES string of the molecule is C1=C=c2ccc(CCc3ncc(-c4ccncc4)[nH]3)nc2=CC=1. The summed E-state index contributed by atoms with van der Waals surface area (Å²) < 4.78 is 0. The van der Waals surface area contributed by atoms with Gasteiger partial charge in [0.05, 0.1) is 22.5 Å². The molecular weight excluding hydrogens is 284 g/mol. The van der Waals surface area contributed by atoms with Gasteiger partial charge in [-0.05, 0) is 42.8 Å². The number of nitrogens with zero attached hydrogens (tertiary/aromatic N) is 3. The quantitative estimate of drug-likeness (QED) is 0.743. The second kappa shape index (κ2) is 5.90. The minimum absolute atomic E-state index is 0.826. The fraction of sp³-hybridized carbons (Fsp3) is 0.105. The standard InChI is InChI=1S/C19H14N4/c1-2-4-17-14(3-1)5-6-16(22-17)7-8-19-21-13-18(23-19)15-9-11-20-12-10-15/h2,4-6,9-13H,7-8H2,(H,21,23). The molecule has 1 aliphatic rings. The van der Waals surface area contributed by atoms with Crippen molar-refractivity contribution in [2.45, 2.75) is 12.8 Å². The van der Waals surface area contributed by atoms with Crippen molar-refractivity contribution in [3.8, 4) is 11.3 Å².